The first-order valence-corrected chi connectivity index (χ1v) is 5.11. The van der Waals surface area contributed by atoms with Crippen LogP contribution in [0.15, 0.2) is 11.6 Å². The molecule has 1 nitrogen and oxygen atoms in total. The maximum Gasteiger partial charge on any atom is 0.0522 e. The molecule has 1 atom stereocenters. The Balaban J connectivity index is 3.81. The minimum atomic E-state index is 0.535. The number of allylic oxidation sites excluding steroid dienone is 1. The molecule has 0 aromatic carbocycles. The third kappa shape index (κ3) is 5.45. The molecule has 0 aromatic heterocycles. The normalized spacial score (nSPS) is 15.1. The zero-order chi connectivity index (χ0) is 8.69. The molecule has 0 fully saturated rings. The quantitative estimate of drug-likeness (QED) is 0.512. The van der Waals surface area contributed by atoms with Gasteiger partial charge in [0.15, 0.2) is 0 Å². The van der Waals surface area contributed by atoms with Crippen LogP contribution in [0.5, 0.6) is 0 Å². The molecule has 11 heavy (non-hydrogen) atoms. The van der Waals surface area contributed by atoms with Gasteiger partial charge in [-0.2, -0.15) is 0 Å². The van der Waals surface area contributed by atoms with Crippen molar-refractivity contribution < 1.29 is 4.74 Å². The van der Waals surface area contributed by atoms with Crippen LogP contribution in [0.4, 0.5) is 0 Å². The topological polar surface area (TPSA) is 9.23 Å². The van der Waals surface area contributed by atoms with E-state index in [-0.39, 0.29) is 0 Å². The molecule has 0 saturated carbocycles. The Hall–Kier alpha value is 0.180. The molecule has 0 rings (SSSR count). The summed E-state index contributed by atoms with van der Waals surface area (Å²) in [7, 11) is 1.74. The number of methoxy groups -OCH3 is 1. The fraction of sp³-hybridized carbons (Fsp3) is 0.778. The number of rotatable bonds is 5. The van der Waals surface area contributed by atoms with Crippen LogP contribution in [0.2, 0.25) is 0 Å². The summed E-state index contributed by atoms with van der Waals surface area (Å²) in [5, 5.41) is 0.984. The Kier molecular flexibility index (Phi) is 6.98. The largest absolute Gasteiger partial charge is 0.384 e. The minimum absolute atomic E-state index is 0.535. The van der Waals surface area contributed by atoms with Gasteiger partial charge in [0.1, 0.15) is 0 Å². The Labute approximate surface area is 78.0 Å². The molecule has 0 aliphatic rings. The number of alkyl halides is 1. The van der Waals surface area contributed by atoms with E-state index in [9.17, 15) is 0 Å². The van der Waals surface area contributed by atoms with Crippen molar-refractivity contribution in [3.63, 3.8) is 0 Å². The smallest absolute Gasteiger partial charge is 0.0522 e. The van der Waals surface area contributed by atoms with Crippen molar-refractivity contribution in [1.82, 2.24) is 0 Å². The van der Waals surface area contributed by atoms with Gasteiger partial charge in [0.2, 0.25) is 0 Å². The van der Waals surface area contributed by atoms with E-state index in [1.54, 1.807) is 7.11 Å². The highest BCUT2D eigenvalue weighted by molar-refractivity contribution is 9.09. The second-order valence-electron chi connectivity index (χ2n) is 2.74. The average molecular weight is 221 g/mol. The van der Waals surface area contributed by atoms with Crippen molar-refractivity contribution in [2.45, 2.75) is 20.3 Å². The number of ether oxygens (including phenoxy) is 1. The van der Waals surface area contributed by atoms with Crippen LogP contribution in [0.3, 0.4) is 0 Å². The van der Waals surface area contributed by atoms with Gasteiger partial charge in [0.05, 0.1) is 6.61 Å². The predicted octanol–water partition coefficient (Wildman–Crippen LogP) is 3.00. The second kappa shape index (κ2) is 6.86. The molecule has 0 saturated heterocycles. The van der Waals surface area contributed by atoms with Crippen LogP contribution in [0.1, 0.15) is 20.3 Å². The Bertz CT molecular complexity index is 115. The van der Waals surface area contributed by atoms with Crippen LogP contribution < -0.4 is 0 Å². The SMILES string of the molecule is CCC(=CC(C)COC)CBr. The van der Waals surface area contributed by atoms with Crippen molar-refractivity contribution >= 4 is 15.9 Å². The van der Waals surface area contributed by atoms with E-state index in [4.69, 9.17) is 4.74 Å². The van der Waals surface area contributed by atoms with Gasteiger partial charge in [-0.15, -0.1) is 0 Å². The first kappa shape index (κ1) is 11.2. The monoisotopic (exact) mass is 220 g/mol. The molecule has 0 radical (unpaired) electrons. The molecular weight excluding hydrogens is 204 g/mol. The van der Waals surface area contributed by atoms with Gasteiger partial charge in [-0.25, -0.2) is 0 Å². The van der Waals surface area contributed by atoms with Crippen LogP contribution >= 0.6 is 15.9 Å². The third-order valence-electron chi connectivity index (χ3n) is 1.58. The van der Waals surface area contributed by atoms with E-state index < -0.39 is 0 Å². The van der Waals surface area contributed by atoms with Crippen molar-refractivity contribution in [3.05, 3.63) is 11.6 Å². The summed E-state index contributed by atoms with van der Waals surface area (Å²) >= 11 is 3.45. The molecule has 0 heterocycles. The fourth-order valence-corrected chi connectivity index (χ4v) is 1.55. The second-order valence-corrected chi connectivity index (χ2v) is 3.31. The standard InChI is InChI=1S/C9H17BrO/c1-4-9(6-10)5-8(2)7-11-3/h5,8H,4,6-7H2,1-3H3. The van der Waals surface area contributed by atoms with Crippen LogP contribution in [0, 0.1) is 5.92 Å². The summed E-state index contributed by atoms with van der Waals surface area (Å²) in [6, 6.07) is 0. The molecule has 0 spiro atoms. The average Bonchev–Trinajstić information content (AvgIpc) is 2.01. The Morgan fingerprint density at radius 1 is 1.64 bits per heavy atom. The molecule has 66 valence electrons. The van der Waals surface area contributed by atoms with E-state index in [0.29, 0.717) is 5.92 Å². The van der Waals surface area contributed by atoms with Gasteiger partial charge < -0.3 is 4.74 Å². The predicted molar refractivity (Wildman–Crippen MR) is 53.2 cm³/mol. The van der Waals surface area contributed by atoms with E-state index in [1.165, 1.54) is 5.57 Å². The lowest BCUT2D eigenvalue weighted by Gasteiger charge is -2.06. The summed E-state index contributed by atoms with van der Waals surface area (Å²) in [5.74, 6) is 0.535. The van der Waals surface area contributed by atoms with E-state index in [1.807, 2.05) is 0 Å². The van der Waals surface area contributed by atoms with Gasteiger partial charge >= 0.3 is 0 Å². The molecule has 0 aromatic rings. The van der Waals surface area contributed by atoms with Crippen molar-refractivity contribution in [3.8, 4) is 0 Å². The van der Waals surface area contributed by atoms with Gasteiger partial charge in [0, 0.05) is 12.4 Å². The summed E-state index contributed by atoms with van der Waals surface area (Å²) in [5.41, 5.74) is 1.45. The van der Waals surface area contributed by atoms with E-state index >= 15 is 0 Å². The molecule has 2 heteroatoms. The first-order valence-electron chi connectivity index (χ1n) is 3.99. The van der Waals surface area contributed by atoms with E-state index in [0.717, 1.165) is 18.4 Å². The molecule has 0 bridgehead atoms. The zero-order valence-corrected chi connectivity index (χ0v) is 9.15. The highest BCUT2D eigenvalue weighted by Crippen LogP contribution is 2.09. The number of hydrogen-bond donors (Lipinski definition) is 0. The van der Waals surface area contributed by atoms with Gasteiger partial charge in [-0.3, -0.25) is 0 Å². The summed E-state index contributed by atoms with van der Waals surface area (Å²) in [6.45, 7) is 5.16. The van der Waals surface area contributed by atoms with Crippen LogP contribution in [0.25, 0.3) is 0 Å². The zero-order valence-electron chi connectivity index (χ0n) is 7.56. The van der Waals surface area contributed by atoms with Crippen LogP contribution in [-0.2, 0) is 4.74 Å². The molecule has 0 N–H and O–H groups in total. The summed E-state index contributed by atoms with van der Waals surface area (Å²) in [4.78, 5) is 0. The Morgan fingerprint density at radius 2 is 2.27 bits per heavy atom. The lowest BCUT2D eigenvalue weighted by molar-refractivity contribution is 0.176. The third-order valence-corrected chi connectivity index (χ3v) is 2.30. The van der Waals surface area contributed by atoms with Gasteiger partial charge in [-0.1, -0.05) is 41.4 Å². The van der Waals surface area contributed by atoms with Gasteiger partial charge in [0.25, 0.3) is 0 Å². The fourth-order valence-electron chi connectivity index (χ4n) is 0.970. The van der Waals surface area contributed by atoms with Gasteiger partial charge in [-0.05, 0) is 12.3 Å². The molecule has 1 unspecified atom stereocenters. The summed E-state index contributed by atoms with van der Waals surface area (Å²) < 4.78 is 5.03. The highest BCUT2D eigenvalue weighted by atomic mass is 79.9. The lowest BCUT2D eigenvalue weighted by atomic mass is 10.1. The molecule has 0 aliphatic carbocycles. The molecule has 0 aliphatic heterocycles. The van der Waals surface area contributed by atoms with Crippen molar-refractivity contribution in [2.75, 3.05) is 19.0 Å². The number of halogens is 1. The van der Waals surface area contributed by atoms with E-state index in [2.05, 4.69) is 35.9 Å². The van der Waals surface area contributed by atoms with Crippen molar-refractivity contribution in [2.24, 2.45) is 5.92 Å². The maximum absolute atomic E-state index is 5.03. The minimum Gasteiger partial charge on any atom is -0.384 e. The van der Waals surface area contributed by atoms with Crippen LogP contribution in [-0.4, -0.2) is 19.0 Å². The molecular formula is C9H17BrO. The Morgan fingerprint density at radius 3 is 2.64 bits per heavy atom. The lowest BCUT2D eigenvalue weighted by Crippen LogP contribution is -2.01. The highest BCUT2D eigenvalue weighted by Gasteiger charge is 1.98. The van der Waals surface area contributed by atoms with Crippen molar-refractivity contribution in [1.29, 1.82) is 0 Å². The molecule has 0 amide bonds. The summed E-state index contributed by atoms with van der Waals surface area (Å²) in [6.07, 6.45) is 3.40. The number of hydrogen-bond acceptors (Lipinski definition) is 1. The maximum atomic E-state index is 5.03. The first-order chi connectivity index (χ1) is 5.24.